The number of nitrogens with zero attached hydrogens (tertiary/aromatic N) is 1. The molecule has 0 amide bonds. The predicted molar refractivity (Wildman–Crippen MR) is 120 cm³/mol. The quantitative estimate of drug-likeness (QED) is 0.387. The monoisotopic (exact) mass is 476 g/mol. The van der Waals surface area contributed by atoms with Gasteiger partial charge in [0.2, 0.25) is 0 Å². The lowest BCUT2D eigenvalue weighted by molar-refractivity contribution is 0.600. The van der Waals surface area contributed by atoms with Crippen molar-refractivity contribution in [1.29, 1.82) is 0 Å². The fourth-order valence-electron chi connectivity index (χ4n) is 3.12. The first-order valence-electron chi connectivity index (χ1n) is 8.84. The summed E-state index contributed by atoms with van der Waals surface area (Å²) in [6.07, 6.45) is 3.09. The molecular weight excluding hydrogens is 463 g/mol. The van der Waals surface area contributed by atoms with Crippen molar-refractivity contribution in [2.75, 3.05) is 4.72 Å². The third-order valence-electron chi connectivity index (χ3n) is 4.54. The number of aromatic amines is 2. The number of halogens is 2. The summed E-state index contributed by atoms with van der Waals surface area (Å²) in [5.41, 5.74) is 0.795. The number of fused-ring (bicyclic) bond motifs is 1. The molecule has 0 atom stereocenters. The minimum Gasteiger partial charge on any atom is -0.316 e. The molecule has 3 N–H and O–H groups in total. The van der Waals surface area contributed by atoms with Crippen LogP contribution in [0.4, 0.5) is 5.69 Å². The molecule has 158 valence electrons. The first-order valence-corrected chi connectivity index (χ1v) is 11.1. The van der Waals surface area contributed by atoms with Crippen molar-refractivity contribution in [3.05, 3.63) is 85.1 Å². The van der Waals surface area contributed by atoms with Gasteiger partial charge in [-0.05, 0) is 42.8 Å². The van der Waals surface area contributed by atoms with Gasteiger partial charge in [-0.1, -0.05) is 29.3 Å². The van der Waals surface area contributed by atoms with Gasteiger partial charge in [0, 0.05) is 23.5 Å². The highest BCUT2D eigenvalue weighted by Crippen LogP contribution is 2.32. The van der Waals surface area contributed by atoms with Crippen molar-refractivity contribution < 1.29 is 8.42 Å². The van der Waals surface area contributed by atoms with Crippen LogP contribution in [0.25, 0.3) is 22.2 Å². The summed E-state index contributed by atoms with van der Waals surface area (Å²) in [7, 11) is -4.02. The van der Waals surface area contributed by atoms with Crippen LogP contribution in [0, 0.1) is 6.92 Å². The molecular formula is C20H14Cl2N4O4S. The largest absolute Gasteiger partial charge is 0.316 e. The zero-order chi connectivity index (χ0) is 22.3. The topological polar surface area (TPSA) is 125 Å². The minimum absolute atomic E-state index is 0.0538. The van der Waals surface area contributed by atoms with Crippen LogP contribution < -0.4 is 15.8 Å². The van der Waals surface area contributed by atoms with Gasteiger partial charge in [0.25, 0.3) is 10.0 Å². The minimum atomic E-state index is -4.02. The van der Waals surface area contributed by atoms with Crippen molar-refractivity contribution in [2.24, 2.45) is 0 Å². The molecule has 2 heterocycles. The van der Waals surface area contributed by atoms with Gasteiger partial charge >= 0.3 is 11.1 Å². The van der Waals surface area contributed by atoms with Crippen molar-refractivity contribution in [2.45, 2.75) is 11.8 Å². The van der Waals surface area contributed by atoms with E-state index < -0.39 is 21.1 Å². The van der Waals surface area contributed by atoms with Gasteiger partial charge in [0.15, 0.2) is 0 Å². The molecule has 0 aliphatic carbocycles. The van der Waals surface area contributed by atoms with E-state index in [1.165, 1.54) is 24.4 Å². The molecule has 0 saturated carbocycles. The van der Waals surface area contributed by atoms with E-state index in [1.54, 1.807) is 31.3 Å². The summed E-state index contributed by atoms with van der Waals surface area (Å²) in [6.45, 7) is 1.58. The zero-order valence-electron chi connectivity index (χ0n) is 15.9. The number of hydrogen-bond donors (Lipinski definition) is 3. The van der Waals surface area contributed by atoms with Crippen LogP contribution in [-0.2, 0) is 10.0 Å². The number of benzene rings is 2. The average molecular weight is 477 g/mol. The van der Waals surface area contributed by atoms with E-state index in [1.807, 2.05) is 0 Å². The number of nitrogens with one attached hydrogen (secondary N) is 3. The average Bonchev–Trinajstić information content (AvgIpc) is 2.68. The van der Waals surface area contributed by atoms with Crippen LogP contribution in [0.2, 0.25) is 10.0 Å². The maximum absolute atomic E-state index is 13.0. The van der Waals surface area contributed by atoms with Crippen molar-refractivity contribution in [3.63, 3.8) is 0 Å². The SMILES string of the molecule is Cc1cc2[nH]c(=O)c(=O)[nH]c2cc1S(=O)(=O)Nc1ccc(-c2cncc(Cl)c2)c(Cl)c1. The van der Waals surface area contributed by atoms with Crippen LogP contribution in [0.15, 0.2) is 63.3 Å². The van der Waals surface area contributed by atoms with E-state index in [9.17, 15) is 18.0 Å². The maximum atomic E-state index is 13.0. The Morgan fingerprint density at radius 3 is 2.26 bits per heavy atom. The first kappa shape index (κ1) is 21.1. The highest BCUT2D eigenvalue weighted by atomic mass is 35.5. The molecule has 0 aliphatic rings. The van der Waals surface area contributed by atoms with Crippen molar-refractivity contribution in [3.8, 4) is 11.1 Å². The number of aryl methyl sites for hydroxylation is 1. The Labute approximate surface area is 185 Å². The van der Waals surface area contributed by atoms with E-state index in [0.717, 1.165) is 0 Å². The van der Waals surface area contributed by atoms with Gasteiger partial charge in [-0.25, -0.2) is 8.42 Å². The molecule has 4 rings (SSSR count). The normalized spacial score (nSPS) is 11.6. The molecule has 0 saturated heterocycles. The molecule has 4 aromatic rings. The lowest BCUT2D eigenvalue weighted by Gasteiger charge is -2.13. The summed E-state index contributed by atoms with van der Waals surface area (Å²) in [4.78, 5) is 31.8. The van der Waals surface area contributed by atoms with Crippen molar-refractivity contribution >= 4 is 49.9 Å². The molecule has 2 aromatic heterocycles. The Morgan fingerprint density at radius 1 is 0.935 bits per heavy atom. The second-order valence-electron chi connectivity index (χ2n) is 6.76. The maximum Gasteiger partial charge on any atom is 0.314 e. The van der Waals surface area contributed by atoms with Crippen molar-refractivity contribution in [1.82, 2.24) is 15.0 Å². The van der Waals surface area contributed by atoms with Gasteiger partial charge < -0.3 is 9.97 Å². The molecule has 0 unspecified atom stereocenters. The van der Waals surface area contributed by atoms with Gasteiger partial charge in [-0.15, -0.1) is 0 Å². The summed E-state index contributed by atoms with van der Waals surface area (Å²) in [6, 6.07) is 9.16. The lowest BCUT2D eigenvalue weighted by Crippen LogP contribution is -2.29. The number of hydrogen-bond acceptors (Lipinski definition) is 5. The third kappa shape index (κ3) is 4.20. The summed E-state index contributed by atoms with van der Waals surface area (Å²) in [5.74, 6) is 0. The number of sulfonamides is 1. The highest BCUT2D eigenvalue weighted by molar-refractivity contribution is 7.92. The summed E-state index contributed by atoms with van der Waals surface area (Å²) in [5, 5.41) is 0.755. The second-order valence-corrected chi connectivity index (χ2v) is 9.26. The molecule has 0 spiro atoms. The van der Waals surface area contributed by atoms with Gasteiger partial charge in [-0.2, -0.15) is 0 Å². The number of H-pyrrole nitrogens is 2. The Hall–Kier alpha value is -3.14. The molecule has 0 fully saturated rings. The number of rotatable bonds is 4. The number of aromatic nitrogens is 3. The van der Waals surface area contributed by atoms with Crippen LogP contribution in [0.1, 0.15) is 5.56 Å². The summed E-state index contributed by atoms with van der Waals surface area (Å²) < 4.78 is 28.4. The molecule has 31 heavy (non-hydrogen) atoms. The molecule has 8 nitrogen and oxygen atoms in total. The fraction of sp³-hybridized carbons (Fsp3) is 0.0500. The molecule has 0 radical (unpaired) electrons. The third-order valence-corrected chi connectivity index (χ3v) is 6.59. The molecule has 0 bridgehead atoms. The Kier molecular flexibility index (Phi) is 5.34. The Balaban J connectivity index is 1.71. The second kappa shape index (κ2) is 7.84. The zero-order valence-corrected chi connectivity index (χ0v) is 18.2. The molecule has 0 aliphatic heterocycles. The number of pyridine rings is 1. The van der Waals surface area contributed by atoms with Crippen LogP contribution >= 0.6 is 23.2 Å². The molecule has 11 heteroatoms. The highest BCUT2D eigenvalue weighted by Gasteiger charge is 2.19. The van der Waals surface area contributed by atoms with E-state index in [0.29, 0.717) is 32.3 Å². The number of anilines is 1. The Bertz CT molecular complexity index is 1560. The van der Waals surface area contributed by atoms with Gasteiger partial charge in [0.1, 0.15) is 0 Å². The predicted octanol–water partition coefficient (Wildman–Crippen LogP) is 3.69. The van der Waals surface area contributed by atoms with Crippen LogP contribution in [0.3, 0.4) is 0 Å². The van der Waals surface area contributed by atoms with Crippen LogP contribution in [0.5, 0.6) is 0 Å². The standard InChI is InChI=1S/C20H14Cl2N4O4S/c1-10-4-16-17(25-20(28)19(27)24-16)7-18(10)31(29,30)26-13-2-3-14(15(22)6-13)11-5-12(21)9-23-8-11/h2-9,26H,1H3,(H,24,27)(H,25,28). The van der Waals surface area contributed by atoms with Gasteiger partial charge in [-0.3, -0.25) is 19.3 Å². The van der Waals surface area contributed by atoms with E-state index >= 15 is 0 Å². The van der Waals surface area contributed by atoms with E-state index in [4.69, 9.17) is 23.2 Å². The smallest absolute Gasteiger partial charge is 0.314 e. The van der Waals surface area contributed by atoms with Gasteiger partial charge in [0.05, 0.1) is 31.7 Å². The lowest BCUT2D eigenvalue weighted by atomic mass is 10.1. The Morgan fingerprint density at radius 2 is 1.61 bits per heavy atom. The molecule has 2 aromatic carbocycles. The van der Waals surface area contributed by atoms with Crippen LogP contribution in [-0.4, -0.2) is 23.4 Å². The van der Waals surface area contributed by atoms with E-state index in [2.05, 4.69) is 19.7 Å². The fourth-order valence-corrected chi connectivity index (χ4v) is 4.89. The van der Waals surface area contributed by atoms with E-state index in [-0.39, 0.29) is 16.1 Å². The summed E-state index contributed by atoms with van der Waals surface area (Å²) >= 11 is 12.3. The first-order chi connectivity index (χ1) is 14.6.